The lowest BCUT2D eigenvalue weighted by molar-refractivity contribution is -1.04. The maximum atomic E-state index is 2.49. The molecule has 5 aliphatic carbocycles. The van der Waals surface area contributed by atoms with Crippen molar-refractivity contribution in [2.24, 2.45) is 29.6 Å². The predicted octanol–water partition coefficient (Wildman–Crippen LogP) is 1.17. The molecule has 2 N–H and O–H groups in total. The summed E-state index contributed by atoms with van der Waals surface area (Å²) in [5, 5.41) is 0. The molecule has 2 heteroatoms. The molecule has 0 unspecified atom stereocenters. The van der Waals surface area contributed by atoms with Gasteiger partial charge in [0.1, 0.15) is 26.2 Å². The molecule has 1 saturated heterocycles. The molecular weight excluding hydrogens is 280 g/mol. The molecule has 0 aromatic rings. The van der Waals surface area contributed by atoms with Crippen LogP contribution in [0.3, 0.4) is 0 Å². The molecule has 130 valence electrons. The van der Waals surface area contributed by atoms with E-state index in [-0.39, 0.29) is 0 Å². The second kappa shape index (κ2) is 6.02. The van der Waals surface area contributed by atoms with Crippen LogP contribution in [0, 0.1) is 29.6 Å². The zero-order valence-electron chi connectivity index (χ0n) is 15.2. The van der Waals surface area contributed by atoms with E-state index in [1.165, 1.54) is 51.9 Å². The van der Waals surface area contributed by atoms with E-state index in [1.54, 1.807) is 32.1 Å². The summed E-state index contributed by atoms with van der Waals surface area (Å²) in [7, 11) is 0. The fourth-order valence-electron chi connectivity index (χ4n) is 8.03. The van der Waals surface area contributed by atoms with E-state index in [0.29, 0.717) is 0 Å². The van der Waals surface area contributed by atoms with E-state index in [9.17, 15) is 0 Å². The van der Waals surface area contributed by atoms with Gasteiger partial charge in [0.05, 0.1) is 12.1 Å². The Bertz CT molecular complexity index is 398. The SMILES string of the molecule is C[C@H]1CCC[C@H]([NH+]2CC[NH+](C3C4CC5CC(C4)CC3C5)CC2)C1. The van der Waals surface area contributed by atoms with Gasteiger partial charge < -0.3 is 9.80 Å². The third-order valence-electron chi connectivity index (χ3n) is 8.75. The van der Waals surface area contributed by atoms with Crippen molar-refractivity contribution in [3.05, 3.63) is 0 Å². The van der Waals surface area contributed by atoms with Gasteiger partial charge in [-0.2, -0.15) is 0 Å². The van der Waals surface area contributed by atoms with Crippen LogP contribution in [0.1, 0.15) is 64.7 Å². The van der Waals surface area contributed by atoms with Crippen molar-refractivity contribution in [1.82, 2.24) is 0 Å². The summed E-state index contributed by atoms with van der Waals surface area (Å²) >= 11 is 0. The Labute approximate surface area is 143 Å². The Balaban J connectivity index is 1.20. The Morgan fingerprint density at radius 3 is 1.87 bits per heavy atom. The Morgan fingerprint density at radius 1 is 0.652 bits per heavy atom. The van der Waals surface area contributed by atoms with E-state index in [2.05, 4.69) is 6.92 Å². The number of hydrogen-bond donors (Lipinski definition) is 2. The molecule has 6 aliphatic rings. The van der Waals surface area contributed by atoms with E-state index in [4.69, 9.17) is 0 Å². The summed E-state index contributed by atoms with van der Waals surface area (Å²) < 4.78 is 0. The second-order valence-corrected chi connectivity index (χ2v) is 10.2. The molecule has 2 atom stereocenters. The highest BCUT2D eigenvalue weighted by atomic mass is 15.3. The lowest BCUT2D eigenvalue weighted by Gasteiger charge is -2.56. The molecule has 0 aromatic carbocycles. The Hall–Kier alpha value is -0.0800. The normalized spacial score (nSPS) is 56.0. The van der Waals surface area contributed by atoms with Gasteiger partial charge in [-0.15, -0.1) is 0 Å². The highest BCUT2D eigenvalue weighted by molar-refractivity contribution is 4.98. The highest BCUT2D eigenvalue weighted by Gasteiger charge is 2.53. The standard InChI is InChI=1S/C21H36N2/c1-15-3-2-4-20(9-15)22-5-7-23(8-6-22)21-18-11-16-10-17(13-18)14-19(21)12-16/h15-21H,2-14H2,1H3/p+2/t15-,16?,17?,18?,19?,20-,21?/m0/s1. The van der Waals surface area contributed by atoms with E-state index in [1.807, 2.05) is 9.80 Å². The number of piperazine rings is 1. The topological polar surface area (TPSA) is 8.88 Å². The minimum Gasteiger partial charge on any atom is -0.323 e. The summed E-state index contributed by atoms with van der Waals surface area (Å²) in [5.74, 6) is 5.53. The van der Waals surface area contributed by atoms with Gasteiger partial charge in [0, 0.05) is 18.3 Å². The van der Waals surface area contributed by atoms with Gasteiger partial charge in [0.2, 0.25) is 0 Å². The molecule has 0 aromatic heterocycles. The molecule has 0 amide bonds. The number of quaternary nitrogens is 2. The average Bonchev–Trinajstić information content (AvgIpc) is 2.54. The number of rotatable bonds is 2. The zero-order chi connectivity index (χ0) is 15.4. The molecule has 0 spiro atoms. The van der Waals surface area contributed by atoms with Crippen LogP contribution < -0.4 is 9.80 Å². The molecule has 1 aliphatic heterocycles. The molecule has 23 heavy (non-hydrogen) atoms. The van der Waals surface area contributed by atoms with Crippen molar-refractivity contribution in [2.45, 2.75) is 76.8 Å². The van der Waals surface area contributed by atoms with Crippen molar-refractivity contribution in [2.75, 3.05) is 26.2 Å². The first-order valence-corrected chi connectivity index (χ1v) is 11.0. The first-order chi connectivity index (χ1) is 11.3. The van der Waals surface area contributed by atoms with Gasteiger partial charge >= 0.3 is 0 Å². The van der Waals surface area contributed by atoms with Crippen LogP contribution in [-0.2, 0) is 0 Å². The number of hydrogen-bond acceptors (Lipinski definition) is 0. The van der Waals surface area contributed by atoms with Crippen LogP contribution in [0.5, 0.6) is 0 Å². The van der Waals surface area contributed by atoms with Crippen molar-refractivity contribution in [3.63, 3.8) is 0 Å². The smallest absolute Gasteiger partial charge is 0.127 e. The van der Waals surface area contributed by atoms with E-state index in [0.717, 1.165) is 41.7 Å². The average molecular weight is 319 g/mol. The molecule has 0 radical (unpaired) electrons. The van der Waals surface area contributed by atoms with Gasteiger partial charge in [-0.1, -0.05) is 13.3 Å². The van der Waals surface area contributed by atoms with Crippen LogP contribution >= 0.6 is 0 Å². The lowest BCUT2D eigenvalue weighted by atomic mass is 9.54. The Morgan fingerprint density at radius 2 is 1.26 bits per heavy atom. The monoisotopic (exact) mass is 318 g/mol. The zero-order valence-corrected chi connectivity index (χ0v) is 15.2. The van der Waals surface area contributed by atoms with Gasteiger partial charge in [-0.3, -0.25) is 0 Å². The van der Waals surface area contributed by atoms with Gasteiger partial charge in [-0.05, 0) is 62.7 Å². The van der Waals surface area contributed by atoms with Crippen molar-refractivity contribution < 1.29 is 9.80 Å². The highest BCUT2D eigenvalue weighted by Crippen LogP contribution is 2.52. The fourth-order valence-corrected chi connectivity index (χ4v) is 8.03. The minimum absolute atomic E-state index is 0.996. The van der Waals surface area contributed by atoms with Crippen molar-refractivity contribution >= 4 is 0 Å². The maximum Gasteiger partial charge on any atom is 0.127 e. The third-order valence-corrected chi connectivity index (χ3v) is 8.75. The van der Waals surface area contributed by atoms with Crippen molar-refractivity contribution in [1.29, 1.82) is 0 Å². The molecular formula is C21H38N2+2. The van der Waals surface area contributed by atoms with Crippen LogP contribution in [0.2, 0.25) is 0 Å². The largest absolute Gasteiger partial charge is 0.323 e. The summed E-state index contributed by atoms with van der Waals surface area (Å²) in [6.45, 7) is 8.44. The van der Waals surface area contributed by atoms with Crippen LogP contribution in [-0.4, -0.2) is 38.3 Å². The van der Waals surface area contributed by atoms with Crippen LogP contribution in [0.4, 0.5) is 0 Å². The fraction of sp³-hybridized carbons (Fsp3) is 1.00. The summed E-state index contributed by atoms with van der Waals surface area (Å²) in [6, 6.07) is 2.09. The van der Waals surface area contributed by atoms with E-state index < -0.39 is 0 Å². The molecule has 5 saturated carbocycles. The van der Waals surface area contributed by atoms with Gasteiger partial charge in [-0.25, -0.2) is 0 Å². The second-order valence-electron chi connectivity index (χ2n) is 10.2. The third kappa shape index (κ3) is 2.78. The molecule has 1 heterocycles. The minimum atomic E-state index is 0.996. The van der Waals surface area contributed by atoms with Crippen LogP contribution in [0.15, 0.2) is 0 Å². The summed E-state index contributed by atoms with van der Waals surface area (Å²) in [6.07, 6.45) is 14.1. The molecule has 6 rings (SSSR count). The summed E-state index contributed by atoms with van der Waals surface area (Å²) in [4.78, 5) is 4.04. The first-order valence-electron chi connectivity index (χ1n) is 11.0. The molecule has 6 fully saturated rings. The lowest BCUT2D eigenvalue weighted by Crippen LogP contribution is -3.31. The molecule has 4 bridgehead atoms. The van der Waals surface area contributed by atoms with Crippen molar-refractivity contribution in [3.8, 4) is 0 Å². The molecule has 2 nitrogen and oxygen atoms in total. The Kier molecular flexibility index (Phi) is 3.98. The van der Waals surface area contributed by atoms with E-state index >= 15 is 0 Å². The van der Waals surface area contributed by atoms with Crippen LogP contribution in [0.25, 0.3) is 0 Å². The predicted molar refractivity (Wildman–Crippen MR) is 93.6 cm³/mol. The quantitative estimate of drug-likeness (QED) is 0.756. The maximum absolute atomic E-state index is 2.49. The first kappa shape index (κ1) is 15.2. The van der Waals surface area contributed by atoms with Gasteiger partial charge in [0.25, 0.3) is 0 Å². The van der Waals surface area contributed by atoms with Gasteiger partial charge in [0.15, 0.2) is 0 Å². The summed E-state index contributed by atoms with van der Waals surface area (Å²) in [5.41, 5.74) is 0. The number of nitrogens with one attached hydrogen (secondary N) is 2.